The van der Waals surface area contributed by atoms with E-state index in [2.05, 4.69) is 56.4 Å². The molecule has 2 rings (SSSR count). The minimum atomic E-state index is 0.408. The lowest BCUT2D eigenvalue weighted by atomic mass is 9.85. The lowest BCUT2D eigenvalue weighted by Gasteiger charge is -2.34. The third-order valence-corrected chi connectivity index (χ3v) is 4.32. The van der Waals surface area contributed by atoms with Crippen molar-refractivity contribution in [2.45, 2.75) is 58.1 Å². The summed E-state index contributed by atoms with van der Waals surface area (Å²) in [5.74, 6) is 1.23. The SMILES string of the molecule is CC(C)NCC1CCCOC1CC(C)c1ccccc1. The van der Waals surface area contributed by atoms with E-state index in [0.29, 0.717) is 24.0 Å². The van der Waals surface area contributed by atoms with Gasteiger partial charge in [0.2, 0.25) is 0 Å². The van der Waals surface area contributed by atoms with E-state index in [-0.39, 0.29) is 0 Å². The van der Waals surface area contributed by atoms with Gasteiger partial charge in [0, 0.05) is 19.2 Å². The Hall–Kier alpha value is -0.860. The zero-order valence-electron chi connectivity index (χ0n) is 13.1. The summed E-state index contributed by atoms with van der Waals surface area (Å²) in [5.41, 5.74) is 1.43. The van der Waals surface area contributed by atoms with Gasteiger partial charge in [-0.2, -0.15) is 0 Å². The van der Waals surface area contributed by atoms with Crippen molar-refractivity contribution in [3.63, 3.8) is 0 Å². The third-order valence-electron chi connectivity index (χ3n) is 4.32. The zero-order chi connectivity index (χ0) is 14.4. The number of rotatable bonds is 6. The monoisotopic (exact) mass is 275 g/mol. The van der Waals surface area contributed by atoms with Crippen molar-refractivity contribution in [1.29, 1.82) is 0 Å². The van der Waals surface area contributed by atoms with Gasteiger partial charge in [0.05, 0.1) is 6.10 Å². The molecule has 112 valence electrons. The lowest BCUT2D eigenvalue weighted by Crippen LogP contribution is -2.39. The van der Waals surface area contributed by atoms with Crippen LogP contribution in [0.5, 0.6) is 0 Å². The summed E-state index contributed by atoms with van der Waals surface area (Å²) in [6.45, 7) is 8.77. The van der Waals surface area contributed by atoms with Crippen LogP contribution >= 0.6 is 0 Å². The topological polar surface area (TPSA) is 21.3 Å². The summed E-state index contributed by atoms with van der Waals surface area (Å²) < 4.78 is 6.08. The van der Waals surface area contributed by atoms with Gasteiger partial charge in [-0.15, -0.1) is 0 Å². The number of hydrogen-bond acceptors (Lipinski definition) is 2. The fourth-order valence-corrected chi connectivity index (χ4v) is 3.05. The third kappa shape index (κ3) is 4.60. The zero-order valence-corrected chi connectivity index (χ0v) is 13.1. The fraction of sp³-hybridized carbons (Fsp3) is 0.667. The van der Waals surface area contributed by atoms with Gasteiger partial charge >= 0.3 is 0 Å². The molecule has 1 fully saturated rings. The Kier molecular flexibility index (Phi) is 6.06. The van der Waals surface area contributed by atoms with Gasteiger partial charge < -0.3 is 10.1 Å². The minimum absolute atomic E-state index is 0.408. The second kappa shape index (κ2) is 7.80. The molecule has 0 radical (unpaired) electrons. The standard InChI is InChI=1S/C18H29NO/c1-14(2)19-13-17-10-7-11-20-18(17)12-15(3)16-8-5-4-6-9-16/h4-6,8-9,14-15,17-19H,7,10-13H2,1-3H3. The van der Waals surface area contributed by atoms with Crippen molar-refractivity contribution in [3.05, 3.63) is 35.9 Å². The van der Waals surface area contributed by atoms with Crippen molar-refractivity contribution < 1.29 is 4.74 Å². The molecule has 1 aromatic carbocycles. The molecule has 1 saturated heterocycles. The van der Waals surface area contributed by atoms with Crippen LogP contribution in [0.15, 0.2) is 30.3 Å². The highest BCUT2D eigenvalue weighted by Gasteiger charge is 2.27. The molecule has 3 unspecified atom stereocenters. The van der Waals surface area contributed by atoms with E-state index in [0.717, 1.165) is 19.6 Å². The van der Waals surface area contributed by atoms with E-state index in [1.54, 1.807) is 0 Å². The predicted octanol–water partition coefficient (Wildman–Crippen LogP) is 3.97. The molecular formula is C18H29NO. The fourth-order valence-electron chi connectivity index (χ4n) is 3.05. The Bertz CT molecular complexity index is 376. The van der Waals surface area contributed by atoms with Crippen molar-refractivity contribution in [2.24, 2.45) is 5.92 Å². The van der Waals surface area contributed by atoms with Crippen molar-refractivity contribution >= 4 is 0 Å². The molecule has 3 atom stereocenters. The first kappa shape index (κ1) is 15.5. The van der Waals surface area contributed by atoms with Gasteiger partial charge in [0.25, 0.3) is 0 Å². The average Bonchev–Trinajstić information content (AvgIpc) is 2.47. The van der Waals surface area contributed by atoms with E-state index in [1.807, 2.05) is 0 Å². The molecule has 1 aliphatic heterocycles. The average molecular weight is 275 g/mol. The largest absolute Gasteiger partial charge is 0.378 e. The number of benzene rings is 1. The molecule has 2 heteroatoms. The van der Waals surface area contributed by atoms with Crippen LogP contribution in [0, 0.1) is 5.92 Å². The summed E-state index contributed by atoms with van der Waals surface area (Å²) in [5, 5.41) is 3.58. The Morgan fingerprint density at radius 3 is 2.65 bits per heavy atom. The predicted molar refractivity (Wildman–Crippen MR) is 85.1 cm³/mol. The summed E-state index contributed by atoms with van der Waals surface area (Å²) in [7, 11) is 0. The van der Waals surface area contributed by atoms with Crippen molar-refractivity contribution in [3.8, 4) is 0 Å². The second-order valence-electron chi connectivity index (χ2n) is 6.42. The summed E-state index contributed by atoms with van der Waals surface area (Å²) >= 11 is 0. The second-order valence-corrected chi connectivity index (χ2v) is 6.42. The quantitative estimate of drug-likeness (QED) is 0.848. The van der Waals surface area contributed by atoms with Crippen LogP contribution in [0.3, 0.4) is 0 Å². The molecular weight excluding hydrogens is 246 g/mol. The Balaban J connectivity index is 1.91. The smallest absolute Gasteiger partial charge is 0.0621 e. The molecule has 1 heterocycles. The molecule has 0 spiro atoms. The van der Waals surface area contributed by atoms with Gasteiger partial charge in [0.15, 0.2) is 0 Å². The molecule has 20 heavy (non-hydrogen) atoms. The summed E-state index contributed by atoms with van der Waals surface area (Å²) in [6.07, 6.45) is 4.05. The van der Waals surface area contributed by atoms with E-state index in [9.17, 15) is 0 Å². The Labute approximate surface area is 123 Å². The van der Waals surface area contributed by atoms with Crippen LogP contribution < -0.4 is 5.32 Å². The first-order valence-corrected chi connectivity index (χ1v) is 8.06. The molecule has 1 N–H and O–H groups in total. The van der Waals surface area contributed by atoms with Gasteiger partial charge in [-0.1, -0.05) is 51.1 Å². The maximum absolute atomic E-state index is 6.08. The normalized spacial score (nSPS) is 24.8. The first-order chi connectivity index (χ1) is 9.66. The highest BCUT2D eigenvalue weighted by atomic mass is 16.5. The van der Waals surface area contributed by atoms with E-state index >= 15 is 0 Å². The number of hydrogen-bond donors (Lipinski definition) is 1. The molecule has 0 bridgehead atoms. The summed E-state index contributed by atoms with van der Waals surface area (Å²) in [6, 6.07) is 11.4. The maximum atomic E-state index is 6.08. The first-order valence-electron chi connectivity index (χ1n) is 8.06. The molecule has 1 aromatic rings. The molecule has 0 aliphatic carbocycles. The summed E-state index contributed by atoms with van der Waals surface area (Å²) in [4.78, 5) is 0. The lowest BCUT2D eigenvalue weighted by molar-refractivity contribution is -0.0335. The van der Waals surface area contributed by atoms with Gasteiger partial charge in [-0.3, -0.25) is 0 Å². The number of ether oxygens (including phenoxy) is 1. The Morgan fingerprint density at radius 2 is 1.95 bits per heavy atom. The highest BCUT2D eigenvalue weighted by Crippen LogP contribution is 2.29. The molecule has 0 amide bonds. The highest BCUT2D eigenvalue weighted by molar-refractivity contribution is 5.18. The van der Waals surface area contributed by atoms with E-state index in [1.165, 1.54) is 18.4 Å². The van der Waals surface area contributed by atoms with Crippen LogP contribution in [0.2, 0.25) is 0 Å². The molecule has 0 aromatic heterocycles. The van der Waals surface area contributed by atoms with E-state index in [4.69, 9.17) is 4.74 Å². The maximum Gasteiger partial charge on any atom is 0.0621 e. The van der Waals surface area contributed by atoms with Gasteiger partial charge in [-0.05, 0) is 36.7 Å². The van der Waals surface area contributed by atoms with Crippen LogP contribution in [0.4, 0.5) is 0 Å². The molecule has 0 saturated carbocycles. The van der Waals surface area contributed by atoms with Crippen molar-refractivity contribution in [2.75, 3.05) is 13.2 Å². The van der Waals surface area contributed by atoms with Gasteiger partial charge in [-0.25, -0.2) is 0 Å². The van der Waals surface area contributed by atoms with Crippen LogP contribution in [-0.4, -0.2) is 25.3 Å². The number of nitrogens with one attached hydrogen (secondary N) is 1. The van der Waals surface area contributed by atoms with Crippen molar-refractivity contribution in [1.82, 2.24) is 5.32 Å². The minimum Gasteiger partial charge on any atom is -0.378 e. The van der Waals surface area contributed by atoms with Crippen LogP contribution in [0.25, 0.3) is 0 Å². The van der Waals surface area contributed by atoms with Crippen LogP contribution in [0.1, 0.15) is 51.5 Å². The molecule has 1 aliphatic rings. The van der Waals surface area contributed by atoms with E-state index < -0.39 is 0 Å². The molecule has 2 nitrogen and oxygen atoms in total. The Morgan fingerprint density at radius 1 is 1.20 bits per heavy atom. The van der Waals surface area contributed by atoms with Crippen LogP contribution in [-0.2, 0) is 4.74 Å². The van der Waals surface area contributed by atoms with Gasteiger partial charge in [0.1, 0.15) is 0 Å².